The second-order valence-electron chi connectivity index (χ2n) is 6.59. The van der Waals surface area contributed by atoms with E-state index in [1.54, 1.807) is 41.4 Å². The lowest BCUT2D eigenvalue weighted by atomic mass is 10.1. The molecule has 1 aromatic carbocycles. The standard InChI is InChI=1S/C19H16ClF3N6O/c1-28-9-11(25-10-28)8-24-16-12-6-7-15(19(21,22)23)26-17(12)29(18(30)27-16)14-5-3-2-4-13(14)20/h2-7,9-10,18,30H,8H2,1H3,(H,24,27). The predicted octanol–water partition coefficient (Wildman–Crippen LogP) is 3.45. The van der Waals surface area contributed by atoms with Gasteiger partial charge in [-0.2, -0.15) is 13.2 Å². The second kappa shape index (κ2) is 7.62. The van der Waals surface area contributed by atoms with Crippen molar-refractivity contribution < 1.29 is 18.3 Å². The molecule has 0 radical (unpaired) electrons. The van der Waals surface area contributed by atoms with Crippen molar-refractivity contribution in [1.29, 1.82) is 0 Å². The van der Waals surface area contributed by atoms with E-state index in [9.17, 15) is 18.3 Å². The molecule has 1 unspecified atom stereocenters. The Hall–Kier alpha value is -3.11. The molecule has 2 N–H and O–H groups in total. The Bertz CT molecular complexity index is 1110. The number of nitrogens with one attached hydrogen (secondary N) is 1. The maximum Gasteiger partial charge on any atom is 0.433 e. The van der Waals surface area contributed by atoms with Gasteiger partial charge in [-0.3, -0.25) is 4.90 Å². The normalized spacial score (nSPS) is 16.3. The van der Waals surface area contributed by atoms with Gasteiger partial charge >= 0.3 is 6.18 Å². The maximum atomic E-state index is 13.3. The second-order valence-corrected chi connectivity index (χ2v) is 7.00. The SMILES string of the molecule is Cn1cnc(CNC2=NC(O)N(c3ccccc3Cl)c3nc(C(F)(F)F)ccc32)c1. The van der Waals surface area contributed by atoms with Gasteiger partial charge in [-0.25, -0.2) is 15.0 Å². The van der Waals surface area contributed by atoms with Gasteiger partial charge in [-0.1, -0.05) is 23.7 Å². The molecule has 0 saturated carbocycles. The van der Waals surface area contributed by atoms with Crippen LogP contribution in [-0.4, -0.2) is 31.8 Å². The highest BCUT2D eigenvalue weighted by Gasteiger charge is 2.37. The molecule has 0 bridgehead atoms. The molecule has 156 valence electrons. The Kier molecular flexibility index (Phi) is 5.12. The molecule has 2 aromatic heterocycles. The number of halogens is 4. The quantitative estimate of drug-likeness (QED) is 0.657. The first-order valence-corrected chi connectivity index (χ1v) is 9.21. The van der Waals surface area contributed by atoms with Gasteiger partial charge in [0.2, 0.25) is 6.35 Å². The van der Waals surface area contributed by atoms with Gasteiger partial charge in [-0.05, 0) is 24.3 Å². The number of rotatable bonds is 3. The monoisotopic (exact) mass is 436 g/mol. The number of anilines is 2. The van der Waals surface area contributed by atoms with Gasteiger partial charge in [0.05, 0.1) is 34.8 Å². The highest BCUT2D eigenvalue weighted by Crippen LogP contribution is 2.38. The lowest BCUT2D eigenvalue weighted by molar-refractivity contribution is -0.141. The van der Waals surface area contributed by atoms with E-state index in [1.807, 2.05) is 7.05 Å². The van der Waals surface area contributed by atoms with Crippen LogP contribution in [0, 0.1) is 0 Å². The first kappa shape index (κ1) is 20.2. The first-order chi connectivity index (χ1) is 14.2. The third-order valence-corrected chi connectivity index (χ3v) is 4.75. The third-order valence-electron chi connectivity index (χ3n) is 4.43. The van der Waals surface area contributed by atoms with Crippen LogP contribution < -0.4 is 10.2 Å². The summed E-state index contributed by atoms with van der Waals surface area (Å²) in [5.74, 6) is 0.0941. The Balaban J connectivity index is 1.78. The van der Waals surface area contributed by atoms with Crippen molar-refractivity contribution in [3.05, 3.63) is 70.9 Å². The van der Waals surface area contributed by atoms with Crippen LogP contribution in [-0.2, 0) is 19.8 Å². The van der Waals surface area contributed by atoms with Crippen LogP contribution in [0.2, 0.25) is 5.02 Å². The summed E-state index contributed by atoms with van der Waals surface area (Å²) in [6.07, 6.45) is -2.77. The van der Waals surface area contributed by atoms with E-state index >= 15 is 0 Å². The van der Waals surface area contributed by atoms with Crippen molar-refractivity contribution in [2.45, 2.75) is 19.1 Å². The Labute approximate surface area is 174 Å². The van der Waals surface area contributed by atoms with E-state index in [-0.39, 0.29) is 28.9 Å². The third kappa shape index (κ3) is 3.83. The number of benzene rings is 1. The number of aliphatic hydroxyl groups is 1. The Morgan fingerprint density at radius 1 is 1.20 bits per heavy atom. The molecule has 1 aliphatic rings. The average Bonchev–Trinajstić information content (AvgIpc) is 3.11. The zero-order valence-electron chi connectivity index (χ0n) is 15.6. The lowest BCUT2D eigenvalue weighted by Gasteiger charge is -2.33. The van der Waals surface area contributed by atoms with Crippen molar-refractivity contribution in [2.75, 3.05) is 4.90 Å². The van der Waals surface area contributed by atoms with Crippen LogP contribution in [0.3, 0.4) is 0 Å². The summed E-state index contributed by atoms with van der Waals surface area (Å²) < 4.78 is 41.7. The molecule has 4 rings (SSSR count). The molecule has 0 aliphatic carbocycles. The van der Waals surface area contributed by atoms with E-state index in [4.69, 9.17) is 11.6 Å². The fourth-order valence-electron chi connectivity index (χ4n) is 3.09. The minimum atomic E-state index is -4.65. The number of aliphatic imine (C=N–C) groups is 1. The minimum Gasteiger partial charge on any atom is -0.364 e. The number of aromatic nitrogens is 3. The summed E-state index contributed by atoms with van der Waals surface area (Å²) in [7, 11) is 1.82. The molecule has 0 amide bonds. The zero-order valence-corrected chi connectivity index (χ0v) is 16.4. The molecule has 3 aromatic rings. The van der Waals surface area contributed by atoms with Crippen LogP contribution in [0.15, 0.2) is 53.9 Å². The van der Waals surface area contributed by atoms with Crippen LogP contribution in [0.5, 0.6) is 0 Å². The number of imidazole rings is 1. The molecule has 30 heavy (non-hydrogen) atoms. The number of amidine groups is 1. The number of fused-ring (bicyclic) bond motifs is 1. The number of hydrogen-bond donors (Lipinski definition) is 2. The summed E-state index contributed by atoms with van der Waals surface area (Å²) in [5, 5.41) is 13.9. The summed E-state index contributed by atoms with van der Waals surface area (Å²) in [6, 6.07) is 8.60. The summed E-state index contributed by atoms with van der Waals surface area (Å²) >= 11 is 6.22. The fourth-order valence-corrected chi connectivity index (χ4v) is 3.31. The lowest BCUT2D eigenvalue weighted by Crippen LogP contribution is -2.40. The van der Waals surface area contributed by atoms with Gasteiger partial charge in [0, 0.05) is 13.2 Å². The van der Waals surface area contributed by atoms with Gasteiger partial charge < -0.3 is 15.0 Å². The molecule has 3 heterocycles. The molecule has 0 saturated heterocycles. The smallest absolute Gasteiger partial charge is 0.364 e. The highest BCUT2D eigenvalue weighted by atomic mass is 35.5. The number of nitrogens with zero attached hydrogens (tertiary/aromatic N) is 5. The number of aryl methyl sites for hydroxylation is 1. The average molecular weight is 437 g/mol. The highest BCUT2D eigenvalue weighted by molar-refractivity contribution is 6.33. The first-order valence-electron chi connectivity index (χ1n) is 8.83. The van der Waals surface area contributed by atoms with Crippen LogP contribution >= 0.6 is 11.6 Å². The van der Waals surface area contributed by atoms with E-state index < -0.39 is 18.2 Å². The largest absolute Gasteiger partial charge is 0.433 e. The predicted molar refractivity (Wildman–Crippen MR) is 105 cm³/mol. The molecular formula is C19H16ClF3N6O. The van der Waals surface area contributed by atoms with Crippen LogP contribution in [0.4, 0.5) is 24.7 Å². The number of hydrogen-bond acceptors (Lipinski definition) is 6. The molecule has 11 heteroatoms. The molecule has 0 fully saturated rings. The van der Waals surface area contributed by atoms with Crippen molar-refractivity contribution in [3.8, 4) is 0 Å². The van der Waals surface area contributed by atoms with Gasteiger partial charge in [0.1, 0.15) is 17.3 Å². The Morgan fingerprint density at radius 3 is 2.63 bits per heavy atom. The van der Waals surface area contributed by atoms with E-state index in [0.29, 0.717) is 11.3 Å². The fraction of sp³-hybridized carbons (Fsp3) is 0.211. The van der Waals surface area contributed by atoms with Gasteiger partial charge in [-0.15, -0.1) is 0 Å². The summed E-state index contributed by atoms with van der Waals surface area (Å²) in [4.78, 5) is 13.3. The zero-order chi connectivity index (χ0) is 21.5. The molecule has 1 atom stereocenters. The molecule has 0 spiro atoms. The number of pyridine rings is 1. The van der Waals surface area contributed by atoms with E-state index in [1.165, 1.54) is 11.0 Å². The maximum absolute atomic E-state index is 13.3. The topological polar surface area (TPSA) is 78.6 Å². The van der Waals surface area contributed by atoms with E-state index in [0.717, 1.165) is 6.07 Å². The molecule has 1 aliphatic heterocycles. The van der Waals surface area contributed by atoms with E-state index in [2.05, 4.69) is 20.3 Å². The van der Waals surface area contributed by atoms with Crippen molar-refractivity contribution in [3.63, 3.8) is 0 Å². The number of para-hydroxylation sites is 1. The number of aliphatic hydroxyl groups excluding tert-OH is 1. The van der Waals surface area contributed by atoms with Gasteiger partial charge in [0.25, 0.3) is 0 Å². The van der Waals surface area contributed by atoms with Gasteiger partial charge in [0.15, 0.2) is 0 Å². The Morgan fingerprint density at radius 2 is 1.97 bits per heavy atom. The summed E-state index contributed by atoms with van der Waals surface area (Å²) in [6.45, 7) is 0.263. The van der Waals surface area contributed by atoms with Crippen molar-refractivity contribution in [2.24, 2.45) is 12.0 Å². The number of alkyl halides is 3. The van der Waals surface area contributed by atoms with Crippen LogP contribution in [0.25, 0.3) is 0 Å². The van der Waals surface area contributed by atoms with Crippen LogP contribution in [0.1, 0.15) is 17.0 Å². The minimum absolute atomic E-state index is 0.107. The summed E-state index contributed by atoms with van der Waals surface area (Å²) in [5.41, 5.74) is 0.192. The molecule has 7 nitrogen and oxygen atoms in total. The van der Waals surface area contributed by atoms with Crippen molar-refractivity contribution in [1.82, 2.24) is 19.9 Å². The van der Waals surface area contributed by atoms with Crippen molar-refractivity contribution >= 4 is 28.9 Å². The molecular weight excluding hydrogens is 421 g/mol.